The molecule has 1 aromatic heterocycles. The number of imidazole rings is 1. The quantitative estimate of drug-likeness (QED) is 0.844. The fraction of sp³-hybridized carbons (Fsp3) is 0.619. The standard InChI is InChI=1S/C21H29N5O2/c27-20-21(6-8-26(20)10-9-24-11-13-28-14-12-24)5-7-25(16-21)15-19-22-17-3-1-2-4-18(17)23-19/h1-4H,5-16H2,(H,22,23). The summed E-state index contributed by atoms with van der Waals surface area (Å²) < 4.78 is 5.41. The molecule has 150 valence electrons. The van der Waals surface area contributed by atoms with Crippen molar-refractivity contribution in [3.05, 3.63) is 30.1 Å². The molecule has 1 N–H and O–H groups in total. The van der Waals surface area contributed by atoms with Gasteiger partial charge in [-0.2, -0.15) is 0 Å². The van der Waals surface area contributed by atoms with Crippen molar-refractivity contribution in [3.63, 3.8) is 0 Å². The maximum Gasteiger partial charge on any atom is 0.230 e. The van der Waals surface area contributed by atoms with Gasteiger partial charge in [-0.25, -0.2) is 4.98 Å². The number of carbonyl (C=O) groups excluding carboxylic acids is 1. The number of rotatable bonds is 5. The van der Waals surface area contributed by atoms with Crippen LogP contribution in [0.1, 0.15) is 18.7 Å². The molecule has 3 saturated heterocycles. The second kappa shape index (κ2) is 7.46. The van der Waals surface area contributed by atoms with Crippen molar-refractivity contribution in [2.75, 3.05) is 59.0 Å². The Morgan fingerprint density at radius 2 is 1.86 bits per heavy atom. The van der Waals surface area contributed by atoms with E-state index in [1.807, 2.05) is 18.2 Å². The third-order valence-corrected chi connectivity index (χ3v) is 6.64. The molecule has 3 fully saturated rings. The number of para-hydroxylation sites is 2. The van der Waals surface area contributed by atoms with Crippen LogP contribution in [0.4, 0.5) is 0 Å². The molecule has 1 aromatic carbocycles. The SMILES string of the molecule is O=C1N(CCN2CCOCC2)CCC12CCN(Cc1nc3ccccc3[nH]1)C2. The summed E-state index contributed by atoms with van der Waals surface area (Å²) in [4.78, 5) is 28.2. The number of likely N-dealkylation sites (tertiary alicyclic amines) is 2. The average molecular weight is 383 g/mol. The normalized spacial score (nSPS) is 26.9. The van der Waals surface area contributed by atoms with Gasteiger partial charge >= 0.3 is 0 Å². The molecule has 0 saturated carbocycles. The number of morpholine rings is 1. The maximum atomic E-state index is 13.2. The molecule has 0 radical (unpaired) electrons. The lowest BCUT2D eigenvalue weighted by atomic mass is 9.85. The number of hydrogen-bond acceptors (Lipinski definition) is 5. The summed E-state index contributed by atoms with van der Waals surface area (Å²) in [5.74, 6) is 1.36. The molecule has 1 spiro atoms. The molecule has 28 heavy (non-hydrogen) atoms. The molecule has 0 bridgehead atoms. The summed E-state index contributed by atoms with van der Waals surface area (Å²) in [5.41, 5.74) is 1.92. The Bertz CT molecular complexity index is 813. The molecule has 7 nitrogen and oxygen atoms in total. The van der Waals surface area contributed by atoms with E-state index in [1.165, 1.54) is 0 Å². The van der Waals surface area contributed by atoms with Crippen molar-refractivity contribution < 1.29 is 9.53 Å². The van der Waals surface area contributed by atoms with E-state index in [0.717, 1.165) is 95.3 Å². The van der Waals surface area contributed by atoms with Crippen molar-refractivity contribution in [3.8, 4) is 0 Å². The fourth-order valence-corrected chi connectivity index (χ4v) is 4.96. The highest BCUT2D eigenvalue weighted by molar-refractivity contribution is 5.85. The van der Waals surface area contributed by atoms with Gasteiger partial charge in [0.25, 0.3) is 0 Å². The number of benzene rings is 1. The van der Waals surface area contributed by atoms with Crippen LogP contribution in [0.5, 0.6) is 0 Å². The van der Waals surface area contributed by atoms with E-state index in [-0.39, 0.29) is 5.41 Å². The Morgan fingerprint density at radius 1 is 1.04 bits per heavy atom. The van der Waals surface area contributed by atoms with Gasteiger partial charge in [0.2, 0.25) is 5.91 Å². The summed E-state index contributed by atoms with van der Waals surface area (Å²) >= 11 is 0. The fourth-order valence-electron chi connectivity index (χ4n) is 4.96. The summed E-state index contributed by atoms with van der Waals surface area (Å²) in [5, 5.41) is 0. The number of hydrogen-bond donors (Lipinski definition) is 1. The molecule has 1 amide bonds. The highest BCUT2D eigenvalue weighted by Crippen LogP contribution is 2.41. The van der Waals surface area contributed by atoms with E-state index in [4.69, 9.17) is 9.72 Å². The van der Waals surface area contributed by atoms with Crippen LogP contribution in [0, 0.1) is 5.41 Å². The lowest BCUT2D eigenvalue weighted by molar-refractivity contribution is -0.135. The average Bonchev–Trinajstić information content (AvgIpc) is 3.40. The van der Waals surface area contributed by atoms with Crippen LogP contribution in [0.25, 0.3) is 11.0 Å². The number of aromatic nitrogens is 2. The number of carbonyl (C=O) groups is 1. The predicted molar refractivity (Wildman–Crippen MR) is 107 cm³/mol. The van der Waals surface area contributed by atoms with Crippen molar-refractivity contribution in [1.29, 1.82) is 0 Å². The third kappa shape index (κ3) is 3.43. The van der Waals surface area contributed by atoms with Crippen LogP contribution >= 0.6 is 0 Å². The van der Waals surface area contributed by atoms with Gasteiger partial charge in [0.1, 0.15) is 5.82 Å². The highest BCUT2D eigenvalue weighted by Gasteiger charge is 2.50. The van der Waals surface area contributed by atoms with E-state index in [0.29, 0.717) is 5.91 Å². The Labute approximate surface area is 165 Å². The van der Waals surface area contributed by atoms with E-state index in [9.17, 15) is 4.79 Å². The van der Waals surface area contributed by atoms with E-state index in [2.05, 4.69) is 25.8 Å². The second-order valence-corrected chi connectivity index (χ2v) is 8.44. The number of aromatic amines is 1. The molecular formula is C21H29N5O2. The first-order chi connectivity index (χ1) is 13.7. The largest absolute Gasteiger partial charge is 0.379 e. The lowest BCUT2D eigenvalue weighted by Crippen LogP contribution is -2.43. The maximum absolute atomic E-state index is 13.2. The number of H-pyrrole nitrogens is 1. The zero-order chi connectivity index (χ0) is 19.0. The molecule has 5 rings (SSSR count). The van der Waals surface area contributed by atoms with Gasteiger partial charge in [-0.05, 0) is 31.5 Å². The number of amides is 1. The summed E-state index contributed by atoms with van der Waals surface area (Å²) in [7, 11) is 0. The van der Waals surface area contributed by atoms with Crippen LogP contribution in [0.2, 0.25) is 0 Å². The van der Waals surface area contributed by atoms with Crippen LogP contribution in [-0.2, 0) is 16.1 Å². The summed E-state index contributed by atoms with van der Waals surface area (Å²) in [6.45, 7) is 8.94. The second-order valence-electron chi connectivity index (χ2n) is 8.44. The van der Waals surface area contributed by atoms with Crippen molar-refractivity contribution in [2.45, 2.75) is 19.4 Å². The van der Waals surface area contributed by atoms with E-state index < -0.39 is 0 Å². The van der Waals surface area contributed by atoms with Gasteiger partial charge in [0.15, 0.2) is 0 Å². The van der Waals surface area contributed by atoms with Crippen molar-refractivity contribution in [1.82, 2.24) is 24.7 Å². The van der Waals surface area contributed by atoms with Crippen LogP contribution in [-0.4, -0.2) is 89.6 Å². The van der Waals surface area contributed by atoms with Gasteiger partial charge in [-0.15, -0.1) is 0 Å². The van der Waals surface area contributed by atoms with Crippen LogP contribution in [0.3, 0.4) is 0 Å². The lowest BCUT2D eigenvalue weighted by Gasteiger charge is -2.29. The first-order valence-corrected chi connectivity index (χ1v) is 10.5. The Kier molecular flexibility index (Phi) is 4.82. The minimum atomic E-state index is -0.170. The molecule has 1 atom stereocenters. The van der Waals surface area contributed by atoms with Crippen molar-refractivity contribution >= 4 is 16.9 Å². The molecule has 2 aromatic rings. The molecule has 4 heterocycles. The van der Waals surface area contributed by atoms with Crippen LogP contribution in [0.15, 0.2) is 24.3 Å². The number of nitrogens with zero attached hydrogens (tertiary/aromatic N) is 4. The Hall–Kier alpha value is -1.96. The van der Waals surface area contributed by atoms with Gasteiger partial charge in [-0.3, -0.25) is 14.6 Å². The number of ether oxygens (including phenoxy) is 1. The summed E-state index contributed by atoms with van der Waals surface area (Å²) in [6, 6.07) is 8.14. The van der Waals surface area contributed by atoms with Gasteiger partial charge < -0.3 is 14.6 Å². The summed E-state index contributed by atoms with van der Waals surface area (Å²) in [6.07, 6.45) is 1.96. The molecule has 3 aliphatic rings. The first-order valence-electron chi connectivity index (χ1n) is 10.5. The van der Waals surface area contributed by atoms with Crippen LogP contribution < -0.4 is 0 Å². The Balaban J connectivity index is 1.18. The minimum absolute atomic E-state index is 0.170. The Morgan fingerprint density at radius 3 is 2.71 bits per heavy atom. The molecular weight excluding hydrogens is 354 g/mol. The minimum Gasteiger partial charge on any atom is -0.379 e. The van der Waals surface area contributed by atoms with E-state index >= 15 is 0 Å². The molecule has 0 aliphatic carbocycles. The smallest absolute Gasteiger partial charge is 0.230 e. The molecule has 7 heteroatoms. The highest BCUT2D eigenvalue weighted by atomic mass is 16.5. The van der Waals surface area contributed by atoms with Gasteiger partial charge in [0, 0.05) is 39.3 Å². The zero-order valence-corrected chi connectivity index (χ0v) is 16.4. The topological polar surface area (TPSA) is 64.7 Å². The number of fused-ring (bicyclic) bond motifs is 1. The monoisotopic (exact) mass is 383 g/mol. The van der Waals surface area contributed by atoms with Crippen molar-refractivity contribution in [2.24, 2.45) is 5.41 Å². The van der Waals surface area contributed by atoms with Gasteiger partial charge in [-0.1, -0.05) is 12.1 Å². The number of nitrogens with one attached hydrogen (secondary N) is 1. The first kappa shape index (κ1) is 18.1. The molecule has 1 unspecified atom stereocenters. The molecule has 3 aliphatic heterocycles. The zero-order valence-electron chi connectivity index (χ0n) is 16.4. The third-order valence-electron chi connectivity index (χ3n) is 6.64. The van der Waals surface area contributed by atoms with Gasteiger partial charge in [0.05, 0.1) is 36.2 Å². The van der Waals surface area contributed by atoms with E-state index in [1.54, 1.807) is 0 Å². The predicted octanol–water partition coefficient (Wildman–Crippen LogP) is 1.32.